The van der Waals surface area contributed by atoms with Crippen LogP contribution in [0.25, 0.3) is 21.3 Å². The minimum atomic E-state index is -0.0425. The molecule has 3 heterocycles. The van der Waals surface area contributed by atoms with E-state index in [1.807, 2.05) is 47.4 Å². The van der Waals surface area contributed by atoms with E-state index in [-0.39, 0.29) is 11.8 Å². The third-order valence-corrected chi connectivity index (χ3v) is 6.23. The summed E-state index contributed by atoms with van der Waals surface area (Å²) < 4.78 is 1.20. The van der Waals surface area contributed by atoms with E-state index in [1.165, 1.54) is 4.70 Å². The molecule has 5 rings (SSSR count). The second-order valence-electron chi connectivity index (χ2n) is 6.85. The van der Waals surface area contributed by atoms with E-state index in [2.05, 4.69) is 16.0 Å². The van der Waals surface area contributed by atoms with Crippen molar-refractivity contribution in [3.05, 3.63) is 65.4 Å². The summed E-state index contributed by atoms with van der Waals surface area (Å²) in [6, 6.07) is 15.8. The molecule has 4 aromatic rings. The van der Waals surface area contributed by atoms with Crippen molar-refractivity contribution in [1.29, 1.82) is 0 Å². The zero-order chi connectivity index (χ0) is 18.2. The van der Waals surface area contributed by atoms with E-state index in [0.717, 1.165) is 40.9 Å². The summed E-state index contributed by atoms with van der Waals surface area (Å²) in [4.78, 5) is 28.6. The summed E-state index contributed by atoms with van der Waals surface area (Å²) in [5, 5.41) is 1.12. The third-order valence-electron chi connectivity index (χ3n) is 5.04. The van der Waals surface area contributed by atoms with Crippen LogP contribution in [0.1, 0.15) is 34.3 Å². The summed E-state index contributed by atoms with van der Waals surface area (Å²) >= 11 is 1.74. The van der Waals surface area contributed by atoms with Crippen molar-refractivity contribution in [2.75, 3.05) is 13.1 Å². The van der Waals surface area contributed by atoms with Crippen LogP contribution in [0.15, 0.2) is 54.7 Å². The Kier molecular flexibility index (Phi) is 4.05. The number of hydrogen-bond donors (Lipinski definition) is 0. The maximum Gasteiger partial charge on any atom is 0.274 e. The molecule has 0 bridgehead atoms. The fourth-order valence-corrected chi connectivity index (χ4v) is 4.74. The van der Waals surface area contributed by atoms with Crippen molar-refractivity contribution in [3.8, 4) is 0 Å². The number of carbonyl (C=O) groups excluding carboxylic acids is 1. The molecule has 5 nitrogen and oxygen atoms in total. The molecule has 1 fully saturated rings. The SMILES string of the molecule is O=C(c1cnc2ccccc2n1)N1CCC[C@H](c2nc3ccccc3s2)C1. The van der Waals surface area contributed by atoms with Crippen LogP contribution in [-0.2, 0) is 0 Å². The van der Waals surface area contributed by atoms with Gasteiger partial charge in [0.25, 0.3) is 5.91 Å². The Morgan fingerprint density at radius 3 is 2.63 bits per heavy atom. The van der Waals surface area contributed by atoms with Gasteiger partial charge in [0.2, 0.25) is 0 Å². The van der Waals surface area contributed by atoms with Gasteiger partial charge in [-0.25, -0.2) is 9.97 Å². The first kappa shape index (κ1) is 16.3. The van der Waals surface area contributed by atoms with E-state index < -0.39 is 0 Å². The lowest BCUT2D eigenvalue weighted by atomic mass is 9.98. The first-order valence-corrected chi connectivity index (χ1v) is 9.96. The molecule has 1 saturated heterocycles. The van der Waals surface area contributed by atoms with Crippen molar-refractivity contribution >= 4 is 38.5 Å². The zero-order valence-electron chi connectivity index (χ0n) is 14.7. The van der Waals surface area contributed by atoms with Gasteiger partial charge in [-0.3, -0.25) is 9.78 Å². The van der Waals surface area contributed by atoms with Gasteiger partial charge >= 0.3 is 0 Å². The minimum absolute atomic E-state index is 0.0425. The molecule has 1 aliphatic rings. The van der Waals surface area contributed by atoms with Crippen molar-refractivity contribution in [3.63, 3.8) is 0 Å². The number of nitrogens with zero attached hydrogens (tertiary/aromatic N) is 4. The van der Waals surface area contributed by atoms with Crippen LogP contribution >= 0.6 is 11.3 Å². The zero-order valence-corrected chi connectivity index (χ0v) is 15.5. The predicted molar refractivity (Wildman–Crippen MR) is 107 cm³/mol. The lowest BCUT2D eigenvalue weighted by molar-refractivity contribution is 0.0701. The Hall–Kier alpha value is -2.86. The summed E-state index contributed by atoms with van der Waals surface area (Å²) in [6.45, 7) is 1.45. The summed E-state index contributed by atoms with van der Waals surface area (Å²) in [5.74, 6) is 0.243. The average molecular weight is 374 g/mol. The molecule has 0 radical (unpaired) electrons. The van der Waals surface area contributed by atoms with Gasteiger partial charge in [-0.1, -0.05) is 24.3 Å². The molecular formula is C21H18N4OS. The molecule has 2 aromatic carbocycles. The predicted octanol–water partition coefficient (Wildman–Crippen LogP) is 4.26. The van der Waals surface area contributed by atoms with Crippen LogP contribution in [0, 0.1) is 0 Å². The van der Waals surface area contributed by atoms with Gasteiger partial charge in [0, 0.05) is 19.0 Å². The van der Waals surface area contributed by atoms with E-state index in [9.17, 15) is 4.79 Å². The Labute approximate surface area is 160 Å². The second-order valence-corrected chi connectivity index (χ2v) is 7.92. The standard InChI is InChI=1S/C21H18N4OS/c26-21(18-12-22-15-7-1-2-8-16(15)23-18)25-11-5-6-14(13-25)20-24-17-9-3-4-10-19(17)27-20/h1-4,7-10,12,14H,5-6,11,13H2/t14-/m0/s1. The van der Waals surface area contributed by atoms with Gasteiger partial charge in [-0.05, 0) is 37.1 Å². The molecule has 0 saturated carbocycles. The molecule has 0 N–H and O–H groups in total. The fourth-order valence-electron chi connectivity index (χ4n) is 3.65. The Bertz CT molecular complexity index is 1110. The third kappa shape index (κ3) is 3.06. The molecular weight excluding hydrogens is 356 g/mol. The van der Waals surface area contributed by atoms with E-state index in [0.29, 0.717) is 12.2 Å². The molecule has 0 spiro atoms. The van der Waals surface area contributed by atoms with Gasteiger partial charge in [-0.15, -0.1) is 11.3 Å². The van der Waals surface area contributed by atoms with Crippen LogP contribution < -0.4 is 0 Å². The molecule has 27 heavy (non-hydrogen) atoms. The number of likely N-dealkylation sites (tertiary alicyclic amines) is 1. The minimum Gasteiger partial charge on any atom is -0.337 e. The number of aromatic nitrogens is 3. The quantitative estimate of drug-likeness (QED) is 0.526. The van der Waals surface area contributed by atoms with Gasteiger partial charge in [-0.2, -0.15) is 0 Å². The van der Waals surface area contributed by atoms with Crippen LogP contribution in [-0.4, -0.2) is 38.8 Å². The van der Waals surface area contributed by atoms with E-state index in [1.54, 1.807) is 17.5 Å². The summed E-state index contributed by atoms with van der Waals surface area (Å²) in [6.07, 6.45) is 3.63. The number of benzene rings is 2. The molecule has 1 amide bonds. The van der Waals surface area contributed by atoms with Gasteiger partial charge in [0.1, 0.15) is 5.69 Å². The molecule has 6 heteroatoms. The monoisotopic (exact) mass is 374 g/mol. The first-order valence-electron chi connectivity index (χ1n) is 9.14. The summed E-state index contributed by atoms with van der Waals surface area (Å²) in [5.41, 5.74) is 3.02. The van der Waals surface area contributed by atoms with Crippen molar-refractivity contribution in [1.82, 2.24) is 19.9 Å². The fraction of sp³-hybridized carbons (Fsp3) is 0.238. The van der Waals surface area contributed by atoms with Crippen molar-refractivity contribution < 1.29 is 4.79 Å². The first-order chi connectivity index (χ1) is 13.3. The molecule has 1 atom stereocenters. The highest BCUT2D eigenvalue weighted by atomic mass is 32.1. The number of piperidine rings is 1. The van der Waals surface area contributed by atoms with Crippen LogP contribution in [0.4, 0.5) is 0 Å². The van der Waals surface area contributed by atoms with E-state index in [4.69, 9.17) is 4.98 Å². The van der Waals surface area contributed by atoms with Crippen molar-refractivity contribution in [2.45, 2.75) is 18.8 Å². The number of fused-ring (bicyclic) bond motifs is 2. The van der Waals surface area contributed by atoms with Crippen LogP contribution in [0.5, 0.6) is 0 Å². The van der Waals surface area contributed by atoms with Gasteiger partial charge in [0.05, 0.1) is 32.5 Å². The second kappa shape index (κ2) is 6.70. The molecule has 0 aliphatic carbocycles. The molecule has 134 valence electrons. The lowest BCUT2D eigenvalue weighted by Gasteiger charge is -2.31. The van der Waals surface area contributed by atoms with Crippen molar-refractivity contribution in [2.24, 2.45) is 0 Å². The lowest BCUT2D eigenvalue weighted by Crippen LogP contribution is -2.39. The molecule has 0 unspecified atom stereocenters. The smallest absolute Gasteiger partial charge is 0.274 e. The van der Waals surface area contributed by atoms with Crippen LogP contribution in [0.3, 0.4) is 0 Å². The Balaban J connectivity index is 1.40. The number of amides is 1. The van der Waals surface area contributed by atoms with Crippen LogP contribution in [0.2, 0.25) is 0 Å². The highest BCUT2D eigenvalue weighted by Gasteiger charge is 2.28. The molecule has 2 aromatic heterocycles. The normalized spacial score (nSPS) is 17.5. The average Bonchev–Trinajstić information content (AvgIpc) is 3.17. The Morgan fingerprint density at radius 1 is 1.00 bits per heavy atom. The van der Waals surface area contributed by atoms with Gasteiger partial charge < -0.3 is 4.90 Å². The summed E-state index contributed by atoms with van der Waals surface area (Å²) in [7, 11) is 0. The Morgan fingerprint density at radius 2 is 1.78 bits per heavy atom. The topological polar surface area (TPSA) is 59.0 Å². The number of para-hydroxylation sites is 3. The number of carbonyl (C=O) groups is 1. The number of thiazole rings is 1. The number of rotatable bonds is 2. The highest BCUT2D eigenvalue weighted by Crippen LogP contribution is 2.33. The highest BCUT2D eigenvalue weighted by molar-refractivity contribution is 7.18. The maximum absolute atomic E-state index is 13.0. The van der Waals surface area contributed by atoms with E-state index >= 15 is 0 Å². The largest absolute Gasteiger partial charge is 0.337 e. The van der Waals surface area contributed by atoms with Gasteiger partial charge in [0.15, 0.2) is 0 Å². The maximum atomic E-state index is 13.0. The molecule has 1 aliphatic heterocycles. The number of hydrogen-bond acceptors (Lipinski definition) is 5.